The average molecular weight is 545 g/mol. The maximum atomic E-state index is 13.0. The molecule has 0 saturated heterocycles. The van der Waals surface area contributed by atoms with Crippen LogP contribution in [-0.2, 0) is 13.2 Å². The Morgan fingerprint density at radius 1 is 1.00 bits per heavy atom. The molecule has 2 heterocycles. The fraction of sp³-hybridized carbons (Fsp3) is 0.0769. The minimum absolute atomic E-state index is 0.0255. The van der Waals surface area contributed by atoms with Crippen molar-refractivity contribution < 1.29 is 18.9 Å². The molecule has 13 heteroatoms. The summed E-state index contributed by atoms with van der Waals surface area (Å²) in [6.07, 6.45) is 1.48. The van der Waals surface area contributed by atoms with E-state index in [4.69, 9.17) is 26.8 Å². The Hall–Kier alpha value is -5.23. The molecule has 0 radical (unpaired) electrons. The Morgan fingerprint density at radius 3 is 2.56 bits per heavy atom. The van der Waals surface area contributed by atoms with Gasteiger partial charge >= 0.3 is 0 Å². The summed E-state index contributed by atoms with van der Waals surface area (Å²) in [4.78, 5) is 13.0. The van der Waals surface area contributed by atoms with Crippen LogP contribution >= 0.6 is 11.6 Å². The van der Waals surface area contributed by atoms with Gasteiger partial charge in [0.05, 0.1) is 6.21 Å². The first-order chi connectivity index (χ1) is 19.1. The highest BCUT2D eigenvalue weighted by Crippen LogP contribution is 2.20. The average Bonchev–Trinajstić information content (AvgIpc) is 3.57. The van der Waals surface area contributed by atoms with E-state index in [2.05, 4.69) is 35.8 Å². The van der Waals surface area contributed by atoms with Crippen LogP contribution < -0.4 is 20.6 Å². The van der Waals surface area contributed by atoms with Crippen LogP contribution in [0.2, 0.25) is 5.02 Å². The minimum atomic E-state index is -0.620. The quantitative estimate of drug-likeness (QED) is 0.197. The molecule has 0 aliphatic carbocycles. The first-order valence-electron chi connectivity index (χ1n) is 11.6. The van der Waals surface area contributed by atoms with Crippen molar-refractivity contribution in [1.82, 2.24) is 30.7 Å². The normalized spacial score (nSPS) is 11.0. The Labute approximate surface area is 226 Å². The summed E-state index contributed by atoms with van der Waals surface area (Å²) < 4.78 is 17.5. The second-order valence-corrected chi connectivity index (χ2v) is 8.43. The molecule has 0 bridgehead atoms. The summed E-state index contributed by atoms with van der Waals surface area (Å²) in [5, 5.41) is 19.9. The number of ether oxygens (including phenoxy) is 2. The van der Waals surface area contributed by atoms with Gasteiger partial charge in [0.2, 0.25) is 11.6 Å². The van der Waals surface area contributed by atoms with Gasteiger partial charge in [-0.1, -0.05) is 65.3 Å². The van der Waals surface area contributed by atoms with Crippen molar-refractivity contribution >= 4 is 29.5 Å². The van der Waals surface area contributed by atoms with E-state index in [1.54, 1.807) is 24.3 Å². The van der Waals surface area contributed by atoms with Crippen molar-refractivity contribution in [3.63, 3.8) is 0 Å². The van der Waals surface area contributed by atoms with Crippen LogP contribution in [0.15, 0.2) is 88.6 Å². The standard InChI is InChI=1S/C26H21ClN8O4/c27-21-12-5-4-8-18(21)15-37-20-11-6-7-17(13-20)14-29-31-26(36)23-22(16-38-19-9-2-1-3-10-19)35(34-30-23)25-24(28)32-39-33-25/h1-14H,15-16H2,(H2,28,32)(H,31,36)/b29-14-. The molecular formula is C26H21ClN8O4. The van der Waals surface area contributed by atoms with Gasteiger partial charge in [0, 0.05) is 10.6 Å². The molecule has 0 fully saturated rings. The van der Waals surface area contributed by atoms with Crippen molar-refractivity contribution in [3.05, 3.63) is 106 Å². The molecule has 0 aliphatic rings. The first-order valence-corrected chi connectivity index (χ1v) is 12.0. The second kappa shape index (κ2) is 11.9. The van der Waals surface area contributed by atoms with Gasteiger partial charge in [-0.25, -0.2) is 10.1 Å². The first kappa shape index (κ1) is 25.4. The van der Waals surface area contributed by atoms with Crippen LogP contribution in [-0.4, -0.2) is 37.4 Å². The molecule has 0 saturated carbocycles. The fourth-order valence-corrected chi connectivity index (χ4v) is 3.65. The molecule has 0 spiro atoms. The maximum Gasteiger partial charge on any atom is 0.293 e. The second-order valence-electron chi connectivity index (χ2n) is 8.02. The lowest BCUT2D eigenvalue weighted by atomic mass is 10.2. The number of nitrogens with two attached hydrogens (primary N) is 1. The zero-order valence-electron chi connectivity index (χ0n) is 20.3. The lowest BCUT2D eigenvalue weighted by Gasteiger charge is -2.08. The molecular weight excluding hydrogens is 524 g/mol. The molecule has 0 unspecified atom stereocenters. The van der Waals surface area contributed by atoms with Gasteiger partial charge in [-0.15, -0.1) is 5.10 Å². The SMILES string of the molecule is Nc1nonc1-n1nnc(C(=O)N/N=C\c2cccc(OCc3ccccc3Cl)c2)c1COc1ccccc1. The van der Waals surface area contributed by atoms with Crippen molar-refractivity contribution in [2.45, 2.75) is 13.2 Å². The van der Waals surface area contributed by atoms with E-state index in [9.17, 15) is 4.79 Å². The van der Waals surface area contributed by atoms with Crippen LogP contribution in [0.1, 0.15) is 27.3 Å². The third kappa shape index (κ3) is 6.19. The Kier molecular flexibility index (Phi) is 7.74. The summed E-state index contributed by atoms with van der Waals surface area (Å²) in [6, 6.07) is 23.7. The number of nitrogens with zero attached hydrogens (tertiary/aromatic N) is 6. The lowest BCUT2D eigenvalue weighted by Crippen LogP contribution is -2.21. The third-order valence-electron chi connectivity index (χ3n) is 5.38. The summed E-state index contributed by atoms with van der Waals surface area (Å²) in [5.74, 6) is 0.628. The van der Waals surface area contributed by atoms with E-state index in [0.29, 0.717) is 28.7 Å². The fourth-order valence-electron chi connectivity index (χ4n) is 3.46. The van der Waals surface area contributed by atoms with Crippen LogP contribution in [0.5, 0.6) is 11.5 Å². The number of anilines is 1. The van der Waals surface area contributed by atoms with Gasteiger partial charge in [0.1, 0.15) is 30.4 Å². The van der Waals surface area contributed by atoms with Crippen LogP contribution in [0.3, 0.4) is 0 Å². The van der Waals surface area contributed by atoms with Crippen molar-refractivity contribution in [1.29, 1.82) is 0 Å². The number of hydrogen-bond donors (Lipinski definition) is 2. The number of hydrogen-bond acceptors (Lipinski definition) is 10. The van der Waals surface area contributed by atoms with Gasteiger partial charge in [0.15, 0.2) is 5.69 Å². The summed E-state index contributed by atoms with van der Waals surface area (Å²) in [7, 11) is 0. The number of para-hydroxylation sites is 1. The number of benzene rings is 3. The molecule has 3 N–H and O–H groups in total. The van der Waals surface area contributed by atoms with Gasteiger partial charge in [-0.05, 0) is 46.2 Å². The van der Waals surface area contributed by atoms with E-state index in [1.807, 2.05) is 54.6 Å². The molecule has 12 nitrogen and oxygen atoms in total. The number of carbonyl (C=O) groups is 1. The molecule has 39 heavy (non-hydrogen) atoms. The van der Waals surface area contributed by atoms with Gasteiger partial charge in [-0.3, -0.25) is 4.79 Å². The summed E-state index contributed by atoms with van der Waals surface area (Å²) in [5.41, 5.74) is 10.1. The predicted octanol–water partition coefficient (Wildman–Crippen LogP) is 3.81. The number of amides is 1. The Balaban J connectivity index is 1.28. The van der Waals surface area contributed by atoms with Gasteiger partial charge in [-0.2, -0.15) is 9.78 Å². The highest BCUT2D eigenvalue weighted by Gasteiger charge is 2.24. The maximum absolute atomic E-state index is 13.0. The summed E-state index contributed by atoms with van der Waals surface area (Å²) in [6.45, 7) is 0.243. The molecule has 2 aromatic heterocycles. The highest BCUT2D eigenvalue weighted by atomic mass is 35.5. The number of nitrogen functional groups attached to an aromatic ring is 1. The zero-order valence-corrected chi connectivity index (χ0v) is 21.0. The number of halogens is 1. The van der Waals surface area contributed by atoms with E-state index in [1.165, 1.54) is 10.9 Å². The number of rotatable bonds is 10. The monoisotopic (exact) mass is 544 g/mol. The number of aromatic nitrogens is 5. The van der Waals surface area contributed by atoms with E-state index < -0.39 is 5.91 Å². The topological polar surface area (TPSA) is 156 Å². The molecule has 0 aliphatic heterocycles. The molecule has 5 aromatic rings. The molecule has 196 valence electrons. The van der Waals surface area contributed by atoms with Crippen LogP contribution in [0.4, 0.5) is 5.82 Å². The minimum Gasteiger partial charge on any atom is -0.489 e. The van der Waals surface area contributed by atoms with Crippen LogP contribution in [0, 0.1) is 0 Å². The molecule has 3 aromatic carbocycles. The van der Waals surface area contributed by atoms with Crippen molar-refractivity contribution in [2.75, 3.05) is 5.73 Å². The van der Waals surface area contributed by atoms with Crippen LogP contribution in [0.25, 0.3) is 5.82 Å². The molecule has 1 amide bonds. The largest absolute Gasteiger partial charge is 0.489 e. The van der Waals surface area contributed by atoms with E-state index >= 15 is 0 Å². The number of carbonyl (C=O) groups excluding carboxylic acids is 1. The lowest BCUT2D eigenvalue weighted by molar-refractivity contribution is 0.0947. The smallest absolute Gasteiger partial charge is 0.293 e. The number of hydrazone groups is 1. The van der Waals surface area contributed by atoms with Gasteiger partial charge < -0.3 is 15.2 Å². The van der Waals surface area contributed by atoms with Crippen molar-refractivity contribution in [3.8, 4) is 17.3 Å². The van der Waals surface area contributed by atoms with E-state index in [-0.39, 0.29) is 29.6 Å². The molecule has 5 rings (SSSR count). The zero-order chi connectivity index (χ0) is 27.0. The number of nitrogens with one attached hydrogen (secondary N) is 1. The van der Waals surface area contributed by atoms with Crippen molar-refractivity contribution in [2.24, 2.45) is 5.10 Å². The molecule has 0 atom stereocenters. The predicted molar refractivity (Wildman–Crippen MR) is 142 cm³/mol. The Bertz CT molecular complexity index is 1600. The highest BCUT2D eigenvalue weighted by molar-refractivity contribution is 6.31. The summed E-state index contributed by atoms with van der Waals surface area (Å²) >= 11 is 6.19. The third-order valence-corrected chi connectivity index (χ3v) is 5.75. The van der Waals surface area contributed by atoms with E-state index in [0.717, 1.165) is 5.56 Å². The van der Waals surface area contributed by atoms with Gasteiger partial charge in [0.25, 0.3) is 5.91 Å². The Morgan fingerprint density at radius 2 is 1.77 bits per heavy atom.